The molecular weight excluding hydrogens is 428 g/mol. The van der Waals surface area contributed by atoms with Gasteiger partial charge in [-0.25, -0.2) is 0 Å². The maximum Gasteiger partial charge on any atom is 0.235 e. The van der Waals surface area contributed by atoms with Crippen molar-refractivity contribution in [2.24, 2.45) is 0 Å². The van der Waals surface area contributed by atoms with Crippen molar-refractivity contribution in [2.45, 2.75) is 50.7 Å². The van der Waals surface area contributed by atoms with Crippen molar-refractivity contribution in [3.8, 4) is 6.07 Å². The Hall–Kier alpha value is -2.83. The summed E-state index contributed by atoms with van der Waals surface area (Å²) in [4.78, 5) is 13.7. The van der Waals surface area contributed by atoms with Crippen LogP contribution in [0.1, 0.15) is 48.5 Å². The number of para-hydroxylation sites is 1. The Labute approximate surface area is 188 Å². The zero-order valence-electron chi connectivity index (χ0n) is 17.4. The Balaban J connectivity index is 1.39. The molecule has 0 unspecified atom stereocenters. The van der Waals surface area contributed by atoms with Crippen LogP contribution in [0.3, 0.4) is 0 Å². The molecule has 3 aromatic heterocycles. The van der Waals surface area contributed by atoms with Gasteiger partial charge in [0.2, 0.25) is 10.9 Å². The minimum atomic E-state index is -0.144. The molecule has 1 aromatic carbocycles. The molecule has 0 aliphatic heterocycles. The fourth-order valence-electron chi connectivity index (χ4n) is 4.45. The van der Waals surface area contributed by atoms with Gasteiger partial charge in [-0.15, -0.1) is 10.2 Å². The maximum absolute atomic E-state index is 12.9. The number of thiazole rings is 1. The third-order valence-corrected chi connectivity index (χ3v) is 8.00. The number of benzene rings is 1. The van der Waals surface area contributed by atoms with Crippen LogP contribution in [0.15, 0.2) is 29.4 Å². The fourth-order valence-corrected chi connectivity index (χ4v) is 6.22. The SMILES string of the molecule is Cc1c(C#N)c(NC(=O)CSc2nnc3sc4ccccc4n23)n(C2CCCC2)c1C. The van der Waals surface area contributed by atoms with Crippen molar-refractivity contribution in [3.63, 3.8) is 0 Å². The fraction of sp³-hybridized carbons (Fsp3) is 0.364. The lowest BCUT2D eigenvalue weighted by molar-refractivity contribution is -0.113. The summed E-state index contributed by atoms with van der Waals surface area (Å²) in [5.41, 5.74) is 3.62. The topological polar surface area (TPSA) is 88.0 Å². The zero-order valence-corrected chi connectivity index (χ0v) is 19.0. The van der Waals surface area contributed by atoms with E-state index in [-0.39, 0.29) is 11.7 Å². The number of aromatic nitrogens is 4. The van der Waals surface area contributed by atoms with Crippen molar-refractivity contribution < 1.29 is 4.79 Å². The Morgan fingerprint density at radius 1 is 1.29 bits per heavy atom. The van der Waals surface area contributed by atoms with Gasteiger partial charge < -0.3 is 9.88 Å². The van der Waals surface area contributed by atoms with E-state index >= 15 is 0 Å². The lowest BCUT2D eigenvalue weighted by Gasteiger charge is -2.19. The number of thioether (sulfide) groups is 1. The van der Waals surface area contributed by atoms with Crippen LogP contribution in [-0.2, 0) is 4.79 Å². The molecule has 0 atom stereocenters. The molecule has 0 radical (unpaired) electrons. The van der Waals surface area contributed by atoms with Crippen LogP contribution in [0.4, 0.5) is 5.82 Å². The second kappa shape index (κ2) is 8.02. The second-order valence-corrected chi connectivity index (χ2v) is 9.81. The Morgan fingerprint density at radius 2 is 2.06 bits per heavy atom. The van der Waals surface area contributed by atoms with Crippen LogP contribution in [-0.4, -0.2) is 30.8 Å². The summed E-state index contributed by atoms with van der Waals surface area (Å²) in [6.45, 7) is 3.99. The molecule has 5 rings (SSSR count). The predicted octanol–water partition coefficient (Wildman–Crippen LogP) is 5.08. The molecule has 1 amide bonds. The molecule has 0 saturated heterocycles. The second-order valence-electron chi connectivity index (χ2n) is 7.86. The highest BCUT2D eigenvalue weighted by Crippen LogP contribution is 2.38. The van der Waals surface area contributed by atoms with E-state index in [1.54, 1.807) is 11.3 Å². The number of amides is 1. The van der Waals surface area contributed by atoms with Crippen molar-refractivity contribution in [2.75, 3.05) is 11.1 Å². The first-order valence-corrected chi connectivity index (χ1v) is 12.2. The molecule has 158 valence electrons. The molecular formula is C22H22N6OS2. The molecule has 31 heavy (non-hydrogen) atoms. The Kier molecular flexibility index (Phi) is 5.20. The number of nitriles is 1. The molecule has 7 nitrogen and oxygen atoms in total. The number of fused-ring (bicyclic) bond motifs is 3. The number of anilines is 1. The number of carbonyl (C=O) groups excluding carboxylic acids is 1. The molecule has 0 spiro atoms. The summed E-state index contributed by atoms with van der Waals surface area (Å²) in [5.74, 6) is 0.695. The summed E-state index contributed by atoms with van der Waals surface area (Å²) in [6, 6.07) is 10.7. The Bertz CT molecular complexity index is 1340. The minimum absolute atomic E-state index is 0.144. The van der Waals surface area contributed by atoms with Crippen LogP contribution in [0.5, 0.6) is 0 Å². The predicted molar refractivity (Wildman–Crippen MR) is 124 cm³/mol. The summed E-state index contributed by atoms with van der Waals surface area (Å²) in [5, 5.41) is 22.0. The van der Waals surface area contributed by atoms with Gasteiger partial charge in [0, 0.05) is 11.7 Å². The number of nitrogens with zero attached hydrogens (tertiary/aromatic N) is 5. The zero-order chi connectivity index (χ0) is 21.5. The number of carbonyl (C=O) groups is 1. The van der Waals surface area contributed by atoms with E-state index in [9.17, 15) is 10.1 Å². The average molecular weight is 451 g/mol. The van der Waals surface area contributed by atoms with Gasteiger partial charge in [-0.3, -0.25) is 9.20 Å². The van der Waals surface area contributed by atoms with Gasteiger partial charge in [-0.05, 0) is 44.4 Å². The van der Waals surface area contributed by atoms with E-state index in [0.717, 1.165) is 39.3 Å². The number of rotatable bonds is 5. The summed E-state index contributed by atoms with van der Waals surface area (Å²) >= 11 is 2.94. The molecule has 1 fully saturated rings. The van der Waals surface area contributed by atoms with Gasteiger partial charge in [-0.2, -0.15) is 5.26 Å². The summed E-state index contributed by atoms with van der Waals surface area (Å²) < 4.78 is 5.30. The standard InChI is InChI=1S/C22H22N6OS2/c1-13-14(2)27(15-7-3-4-8-15)20(16(13)11-23)24-19(29)12-30-21-25-26-22-28(21)17-9-5-6-10-18(17)31-22/h5-6,9-10,15H,3-4,7-8,12H2,1-2H3,(H,24,29). The average Bonchev–Trinajstić information content (AvgIpc) is 3.52. The molecule has 3 heterocycles. The first-order chi connectivity index (χ1) is 15.1. The molecule has 1 aliphatic rings. The lowest BCUT2D eigenvalue weighted by Crippen LogP contribution is -2.20. The van der Waals surface area contributed by atoms with Gasteiger partial charge in [0.05, 0.1) is 21.5 Å². The van der Waals surface area contributed by atoms with Crippen molar-refractivity contribution >= 4 is 50.0 Å². The minimum Gasteiger partial charge on any atom is -0.327 e. The van der Waals surface area contributed by atoms with Crippen molar-refractivity contribution in [3.05, 3.63) is 41.1 Å². The molecule has 0 bridgehead atoms. The number of nitrogens with one attached hydrogen (secondary N) is 1. The summed E-state index contributed by atoms with van der Waals surface area (Å²) in [6.07, 6.45) is 4.54. The normalized spacial score (nSPS) is 14.5. The van der Waals surface area contributed by atoms with E-state index in [1.165, 1.54) is 24.6 Å². The van der Waals surface area contributed by atoms with E-state index < -0.39 is 0 Å². The van der Waals surface area contributed by atoms with Crippen LogP contribution in [0.2, 0.25) is 0 Å². The van der Waals surface area contributed by atoms with E-state index in [0.29, 0.717) is 22.6 Å². The highest BCUT2D eigenvalue weighted by molar-refractivity contribution is 7.99. The summed E-state index contributed by atoms with van der Waals surface area (Å²) in [7, 11) is 0. The van der Waals surface area contributed by atoms with Gasteiger partial charge in [0.25, 0.3) is 0 Å². The van der Waals surface area contributed by atoms with Crippen molar-refractivity contribution in [1.82, 2.24) is 19.2 Å². The highest BCUT2D eigenvalue weighted by atomic mass is 32.2. The smallest absolute Gasteiger partial charge is 0.235 e. The molecule has 1 saturated carbocycles. The molecule has 9 heteroatoms. The van der Waals surface area contributed by atoms with Gasteiger partial charge in [0.15, 0.2) is 5.16 Å². The number of hydrogen-bond donors (Lipinski definition) is 1. The van der Waals surface area contributed by atoms with Gasteiger partial charge >= 0.3 is 0 Å². The Morgan fingerprint density at radius 3 is 2.84 bits per heavy atom. The first-order valence-electron chi connectivity index (χ1n) is 10.3. The van der Waals surface area contributed by atoms with Crippen LogP contribution >= 0.6 is 23.1 Å². The quantitative estimate of drug-likeness (QED) is 0.428. The maximum atomic E-state index is 12.9. The third-order valence-electron chi connectivity index (χ3n) is 6.06. The third kappa shape index (κ3) is 3.40. The van der Waals surface area contributed by atoms with E-state index in [1.807, 2.05) is 36.4 Å². The van der Waals surface area contributed by atoms with Crippen molar-refractivity contribution in [1.29, 1.82) is 5.26 Å². The van der Waals surface area contributed by atoms with Crippen LogP contribution in [0.25, 0.3) is 15.2 Å². The van der Waals surface area contributed by atoms with Gasteiger partial charge in [0.1, 0.15) is 11.9 Å². The van der Waals surface area contributed by atoms with Gasteiger partial charge in [-0.1, -0.05) is 48.1 Å². The molecule has 1 aliphatic carbocycles. The van der Waals surface area contributed by atoms with E-state index in [2.05, 4.69) is 32.2 Å². The lowest BCUT2D eigenvalue weighted by atomic mass is 10.2. The van der Waals surface area contributed by atoms with E-state index in [4.69, 9.17) is 0 Å². The van der Waals surface area contributed by atoms with Crippen LogP contribution in [0, 0.1) is 25.2 Å². The monoisotopic (exact) mass is 450 g/mol. The molecule has 4 aromatic rings. The first kappa shape index (κ1) is 20.1. The highest BCUT2D eigenvalue weighted by Gasteiger charge is 2.27. The molecule has 1 N–H and O–H groups in total. The largest absolute Gasteiger partial charge is 0.327 e. The van der Waals surface area contributed by atoms with Crippen LogP contribution < -0.4 is 5.32 Å². The number of hydrogen-bond acceptors (Lipinski definition) is 6.